The number of carbonyl (C=O) groups is 1. The van der Waals surface area contributed by atoms with Crippen LogP contribution in [0.15, 0.2) is 72.8 Å². The summed E-state index contributed by atoms with van der Waals surface area (Å²) in [6, 6.07) is 20.2. The summed E-state index contributed by atoms with van der Waals surface area (Å²) in [5, 5.41) is 7.17. The molecule has 4 rings (SSSR count). The Balaban J connectivity index is 1.67. The second-order valence-corrected chi connectivity index (χ2v) is 6.58. The number of rotatable bonds is 6. The maximum Gasteiger partial charge on any atom is 0.336 e. The Morgan fingerprint density at radius 3 is 2.45 bits per heavy atom. The minimum Gasteiger partial charge on any atom is -0.497 e. The first-order valence-corrected chi connectivity index (χ1v) is 9.40. The molecule has 3 aromatic carbocycles. The van der Waals surface area contributed by atoms with Crippen molar-refractivity contribution >= 4 is 11.6 Å². The Morgan fingerprint density at radius 2 is 1.74 bits per heavy atom. The largest absolute Gasteiger partial charge is 0.497 e. The number of halogens is 1. The van der Waals surface area contributed by atoms with Crippen LogP contribution in [-0.4, -0.2) is 34.9 Å². The van der Waals surface area contributed by atoms with Gasteiger partial charge in [-0.1, -0.05) is 12.1 Å². The monoisotopic (exact) mass is 418 g/mol. The molecule has 0 aliphatic carbocycles. The summed E-state index contributed by atoms with van der Waals surface area (Å²) in [7, 11) is 3.09. The van der Waals surface area contributed by atoms with E-state index in [0.717, 1.165) is 11.3 Å². The van der Waals surface area contributed by atoms with Gasteiger partial charge in [0.25, 0.3) is 5.91 Å². The lowest BCUT2D eigenvalue weighted by atomic mass is 10.2. The third kappa shape index (κ3) is 4.37. The first-order valence-electron chi connectivity index (χ1n) is 9.40. The molecule has 31 heavy (non-hydrogen) atoms. The molecule has 0 saturated heterocycles. The molecule has 1 N–H and O–H groups in total. The van der Waals surface area contributed by atoms with E-state index in [9.17, 15) is 9.18 Å². The molecule has 0 radical (unpaired) electrons. The van der Waals surface area contributed by atoms with Gasteiger partial charge in [-0.3, -0.25) is 4.79 Å². The SMILES string of the molecule is COc1ccc(-c2nc(OC)nn2-c2cccc(NC(=O)c3cccc(F)c3)c2)cc1. The maximum atomic E-state index is 13.4. The molecule has 8 heteroatoms. The van der Waals surface area contributed by atoms with Gasteiger partial charge in [0.15, 0.2) is 5.82 Å². The normalized spacial score (nSPS) is 10.5. The number of ether oxygens (including phenoxy) is 2. The van der Waals surface area contributed by atoms with Crippen molar-refractivity contribution in [3.8, 4) is 28.8 Å². The molecule has 156 valence electrons. The van der Waals surface area contributed by atoms with Crippen molar-refractivity contribution in [1.82, 2.24) is 14.8 Å². The number of benzene rings is 3. The highest BCUT2D eigenvalue weighted by atomic mass is 19.1. The van der Waals surface area contributed by atoms with Crippen LogP contribution >= 0.6 is 0 Å². The molecule has 0 fully saturated rings. The summed E-state index contributed by atoms with van der Waals surface area (Å²) in [6.07, 6.45) is 0. The fourth-order valence-corrected chi connectivity index (χ4v) is 3.04. The summed E-state index contributed by atoms with van der Waals surface area (Å²) in [5.74, 6) is 0.403. The van der Waals surface area contributed by atoms with E-state index in [1.54, 1.807) is 36.1 Å². The van der Waals surface area contributed by atoms with Crippen LogP contribution in [0.4, 0.5) is 10.1 Å². The second kappa shape index (κ2) is 8.66. The number of nitrogens with zero attached hydrogens (tertiary/aromatic N) is 3. The zero-order chi connectivity index (χ0) is 21.8. The first kappa shape index (κ1) is 20.1. The highest BCUT2D eigenvalue weighted by Gasteiger charge is 2.15. The van der Waals surface area contributed by atoms with Crippen LogP contribution in [0.3, 0.4) is 0 Å². The van der Waals surface area contributed by atoms with E-state index in [2.05, 4.69) is 15.4 Å². The van der Waals surface area contributed by atoms with Gasteiger partial charge in [0, 0.05) is 16.8 Å². The van der Waals surface area contributed by atoms with Crippen LogP contribution in [0, 0.1) is 5.82 Å². The average Bonchev–Trinajstić information content (AvgIpc) is 3.24. The van der Waals surface area contributed by atoms with E-state index in [1.165, 1.54) is 25.3 Å². The second-order valence-electron chi connectivity index (χ2n) is 6.58. The number of nitrogens with one attached hydrogen (secondary N) is 1. The van der Waals surface area contributed by atoms with E-state index < -0.39 is 11.7 Å². The molecular weight excluding hydrogens is 399 g/mol. The fourth-order valence-electron chi connectivity index (χ4n) is 3.04. The van der Waals surface area contributed by atoms with E-state index in [1.807, 2.05) is 30.3 Å². The lowest BCUT2D eigenvalue weighted by Crippen LogP contribution is -2.12. The summed E-state index contributed by atoms with van der Waals surface area (Å²) in [6.45, 7) is 0. The molecule has 0 saturated carbocycles. The highest BCUT2D eigenvalue weighted by molar-refractivity contribution is 6.04. The van der Waals surface area contributed by atoms with E-state index in [-0.39, 0.29) is 11.6 Å². The predicted molar refractivity (Wildman–Crippen MR) is 114 cm³/mol. The number of hydrogen-bond acceptors (Lipinski definition) is 5. The topological polar surface area (TPSA) is 78.3 Å². The molecule has 0 spiro atoms. The minimum atomic E-state index is -0.472. The van der Waals surface area contributed by atoms with Crippen molar-refractivity contribution in [2.75, 3.05) is 19.5 Å². The Kier molecular flexibility index (Phi) is 5.61. The number of carbonyl (C=O) groups excluding carboxylic acids is 1. The number of hydrogen-bond donors (Lipinski definition) is 1. The maximum absolute atomic E-state index is 13.4. The molecule has 4 aromatic rings. The van der Waals surface area contributed by atoms with Crippen molar-refractivity contribution in [1.29, 1.82) is 0 Å². The molecular formula is C23H19FN4O3. The summed E-state index contributed by atoms with van der Waals surface area (Å²) in [5.41, 5.74) is 2.23. The molecule has 1 heterocycles. The summed E-state index contributed by atoms with van der Waals surface area (Å²) >= 11 is 0. The van der Waals surface area contributed by atoms with Crippen LogP contribution in [0.2, 0.25) is 0 Å². The van der Waals surface area contributed by atoms with Gasteiger partial charge in [-0.2, -0.15) is 4.98 Å². The van der Waals surface area contributed by atoms with E-state index >= 15 is 0 Å². The van der Waals surface area contributed by atoms with Crippen LogP contribution in [0.1, 0.15) is 10.4 Å². The Morgan fingerprint density at radius 1 is 0.968 bits per heavy atom. The Hall–Kier alpha value is -4.20. The van der Waals surface area contributed by atoms with Crippen LogP contribution < -0.4 is 14.8 Å². The van der Waals surface area contributed by atoms with E-state index in [4.69, 9.17) is 9.47 Å². The molecule has 7 nitrogen and oxygen atoms in total. The molecule has 1 amide bonds. The van der Waals surface area contributed by atoms with Crippen molar-refractivity contribution in [2.24, 2.45) is 0 Å². The third-order valence-electron chi connectivity index (χ3n) is 4.55. The quantitative estimate of drug-likeness (QED) is 0.504. The molecule has 0 aliphatic rings. The molecule has 0 bridgehead atoms. The number of anilines is 1. The zero-order valence-corrected chi connectivity index (χ0v) is 16.9. The Bertz CT molecular complexity index is 1220. The summed E-state index contributed by atoms with van der Waals surface area (Å²) in [4.78, 5) is 16.9. The average molecular weight is 418 g/mol. The number of aromatic nitrogens is 3. The van der Waals surface area contributed by atoms with Crippen molar-refractivity contribution in [3.63, 3.8) is 0 Å². The molecule has 0 aliphatic heterocycles. The predicted octanol–water partition coefficient (Wildman–Crippen LogP) is 4.34. The van der Waals surface area contributed by atoms with Crippen molar-refractivity contribution in [2.45, 2.75) is 0 Å². The lowest BCUT2D eigenvalue weighted by molar-refractivity contribution is 0.102. The standard InChI is InChI=1S/C23H19FN4O3/c1-30-20-11-9-15(10-12-20)21-26-23(31-2)27-28(21)19-8-4-7-18(14-19)25-22(29)16-5-3-6-17(24)13-16/h3-14H,1-2H3,(H,25,29). The summed E-state index contributed by atoms with van der Waals surface area (Å²) < 4.78 is 25.5. The fraction of sp³-hybridized carbons (Fsp3) is 0.0870. The first-order chi connectivity index (χ1) is 15.1. The van der Waals surface area contributed by atoms with Crippen LogP contribution in [0.5, 0.6) is 11.8 Å². The van der Waals surface area contributed by atoms with Gasteiger partial charge in [-0.05, 0) is 60.7 Å². The lowest BCUT2D eigenvalue weighted by Gasteiger charge is -2.10. The van der Waals surface area contributed by atoms with Gasteiger partial charge < -0.3 is 14.8 Å². The third-order valence-corrected chi connectivity index (χ3v) is 4.55. The number of amides is 1. The minimum absolute atomic E-state index is 0.208. The van der Waals surface area contributed by atoms with Gasteiger partial charge in [0.2, 0.25) is 0 Å². The highest BCUT2D eigenvalue weighted by Crippen LogP contribution is 2.26. The van der Waals surface area contributed by atoms with Crippen molar-refractivity contribution in [3.05, 3.63) is 84.2 Å². The van der Waals surface area contributed by atoms with Crippen LogP contribution in [0.25, 0.3) is 17.1 Å². The van der Waals surface area contributed by atoms with Gasteiger partial charge in [0.05, 0.1) is 19.9 Å². The zero-order valence-electron chi connectivity index (χ0n) is 16.9. The molecule has 0 atom stereocenters. The van der Waals surface area contributed by atoms with Gasteiger partial charge >= 0.3 is 6.01 Å². The van der Waals surface area contributed by atoms with Gasteiger partial charge in [-0.25, -0.2) is 9.07 Å². The smallest absolute Gasteiger partial charge is 0.336 e. The molecule has 0 unspecified atom stereocenters. The number of methoxy groups -OCH3 is 2. The van der Waals surface area contributed by atoms with E-state index in [0.29, 0.717) is 17.2 Å². The Labute approximate surface area is 178 Å². The van der Waals surface area contributed by atoms with Gasteiger partial charge in [-0.15, -0.1) is 5.10 Å². The molecule has 1 aromatic heterocycles. The van der Waals surface area contributed by atoms with Crippen LogP contribution in [-0.2, 0) is 0 Å². The van der Waals surface area contributed by atoms with Crippen molar-refractivity contribution < 1.29 is 18.7 Å². The van der Waals surface area contributed by atoms with Gasteiger partial charge in [0.1, 0.15) is 11.6 Å².